The highest BCUT2D eigenvalue weighted by atomic mass is 16.8. The van der Waals surface area contributed by atoms with E-state index in [9.17, 15) is 19.6 Å². The summed E-state index contributed by atoms with van der Waals surface area (Å²) in [7, 11) is 0. The Hall–Kier alpha value is -2.45. The van der Waals surface area contributed by atoms with E-state index >= 15 is 0 Å². The molecule has 1 aromatic carbocycles. The molecule has 1 aromatic rings. The van der Waals surface area contributed by atoms with E-state index in [4.69, 9.17) is 9.57 Å². The number of carbonyl (C=O) groups excluding carboxylic acids is 3. The largest absolute Gasteiger partial charge is 0.534 e. The van der Waals surface area contributed by atoms with Crippen LogP contribution in [0.15, 0.2) is 24.3 Å². The summed E-state index contributed by atoms with van der Waals surface area (Å²) in [5.41, 5.74) is -0.855. The molecule has 0 bridgehead atoms. The molecule has 0 aromatic heterocycles. The number of benzene rings is 1. The second kappa shape index (κ2) is 6.07. The van der Waals surface area contributed by atoms with E-state index in [1.165, 1.54) is 17.2 Å². The third-order valence-corrected chi connectivity index (χ3v) is 4.79. The summed E-state index contributed by atoms with van der Waals surface area (Å²) in [6, 6.07) is 6.23. The summed E-state index contributed by atoms with van der Waals surface area (Å²) in [4.78, 5) is 41.5. The monoisotopic (exact) mass is 362 g/mol. The molecule has 140 valence electrons. The maximum Gasteiger partial charge on any atom is 0.534 e. The van der Waals surface area contributed by atoms with Crippen LogP contribution in [0, 0.1) is 0 Å². The number of rotatable bonds is 2. The number of hydrogen-bond donors (Lipinski definition) is 1. The van der Waals surface area contributed by atoms with Crippen molar-refractivity contribution >= 4 is 18.0 Å². The van der Waals surface area contributed by atoms with Crippen molar-refractivity contribution in [1.82, 2.24) is 10.1 Å². The molecule has 26 heavy (non-hydrogen) atoms. The number of amides is 2. The molecule has 8 nitrogen and oxygen atoms in total. The fourth-order valence-corrected chi connectivity index (χ4v) is 3.74. The Labute approximate surface area is 151 Å². The molecular formula is C18H22N2O6. The molecule has 8 heteroatoms. The van der Waals surface area contributed by atoms with Gasteiger partial charge in [-0.25, -0.2) is 4.79 Å². The third kappa shape index (κ3) is 3.06. The molecule has 2 amide bonds. The van der Waals surface area contributed by atoms with Gasteiger partial charge >= 0.3 is 6.16 Å². The van der Waals surface area contributed by atoms with Gasteiger partial charge in [0.05, 0.1) is 11.1 Å². The predicted molar refractivity (Wildman–Crippen MR) is 89.3 cm³/mol. The Morgan fingerprint density at radius 1 is 1.04 bits per heavy atom. The van der Waals surface area contributed by atoms with Crippen molar-refractivity contribution in [2.45, 2.75) is 57.7 Å². The highest BCUT2D eigenvalue weighted by Gasteiger charge is 2.47. The molecule has 1 fully saturated rings. The fourth-order valence-electron chi connectivity index (χ4n) is 3.74. The average molecular weight is 362 g/mol. The van der Waals surface area contributed by atoms with E-state index in [0.29, 0.717) is 17.9 Å². The Balaban J connectivity index is 1.67. The van der Waals surface area contributed by atoms with Crippen LogP contribution in [-0.4, -0.2) is 50.5 Å². The molecule has 2 aliphatic rings. The predicted octanol–water partition coefficient (Wildman–Crippen LogP) is 2.76. The van der Waals surface area contributed by atoms with E-state index in [1.807, 2.05) is 27.7 Å². The number of hydrogen-bond acceptors (Lipinski definition) is 7. The molecule has 2 aliphatic heterocycles. The smallest absolute Gasteiger partial charge is 0.429 e. The van der Waals surface area contributed by atoms with Crippen molar-refractivity contribution in [3.05, 3.63) is 35.4 Å². The zero-order valence-corrected chi connectivity index (χ0v) is 15.2. The highest BCUT2D eigenvalue weighted by Crippen LogP contribution is 2.38. The standard InChI is InChI=1S/C18H22N2O6/c1-17(2)9-11(10-18(3,4)20(17)24)25-16(23)26-19-14(21)12-7-5-6-8-13(12)15(19)22/h5-8,11,24H,9-10H2,1-4H3. The van der Waals surface area contributed by atoms with Gasteiger partial charge < -0.3 is 9.94 Å². The maximum absolute atomic E-state index is 12.2. The summed E-state index contributed by atoms with van der Waals surface area (Å²) in [5, 5.41) is 12.0. The molecular weight excluding hydrogens is 340 g/mol. The van der Waals surface area contributed by atoms with Crippen molar-refractivity contribution in [2.75, 3.05) is 0 Å². The number of fused-ring (bicyclic) bond motifs is 1. The lowest BCUT2D eigenvalue weighted by atomic mass is 9.80. The van der Waals surface area contributed by atoms with Gasteiger partial charge in [-0.2, -0.15) is 5.06 Å². The van der Waals surface area contributed by atoms with Crippen molar-refractivity contribution < 1.29 is 29.2 Å². The zero-order chi connectivity index (χ0) is 19.3. The second-order valence-corrected chi connectivity index (χ2v) is 7.88. The number of hydroxylamine groups is 4. The quantitative estimate of drug-likeness (QED) is 0.638. The normalized spacial score (nSPS) is 22.3. The third-order valence-electron chi connectivity index (χ3n) is 4.79. The lowest BCUT2D eigenvalue weighted by Crippen LogP contribution is -2.60. The van der Waals surface area contributed by atoms with E-state index in [1.54, 1.807) is 12.1 Å². The number of ether oxygens (including phenoxy) is 1. The van der Waals surface area contributed by atoms with Gasteiger partial charge in [-0.1, -0.05) is 17.2 Å². The number of piperidine rings is 1. The first kappa shape index (κ1) is 18.3. The fraction of sp³-hybridized carbons (Fsp3) is 0.500. The lowest BCUT2D eigenvalue weighted by Gasteiger charge is -2.50. The van der Waals surface area contributed by atoms with Crippen LogP contribution in [-0.2, 0) is 9.57 Å². The molecule has 0 aliphatic carbocycles. The Bertz CT molecular complexity index is 720. The highest BCUT2D eigenvalue weighted by molar-refractivity contribution is 6.20. The Kier molecular flexibility index (Phi) is 4.28. The van der Waals surface area contributed by atoms with Gasteiger partial charge in [0.25, 0.3) is 11.8 Å². The summed E-state index contributed by atoms with van der Waals surface area (Å²) in [6.45, 7) is 7.33. The summed E-state index contributed by atoms with van der Waals surface area (Å²) in [5.74, 6) is -1.40. The summed E-state index contributed by atoms with van der Waals surface area (Å²) >= 11 is 0. The van der Waals surface area contributed by atoms with Crippen LogP contribution in [0.4, 0.5) is 4.79 Å². The lowest BCUT2D eigenvalue weighted by molar-refractivity contribution is -0.258. The van der Waals surface area contributed by atoms with Gasteiger partial charge in [0.15, 0.2) is 0 Å². The van der Waals surface area contributed by atoms with Crippen molar-refractivity contribution in [2.24, 2.45) is 0 Å². The van der Waals surface area contributed by atoms with Crippen LogP contribution in [0.1, 0.15) is 61.3 Å². The first-order valence-electron chi connectivity index (χ1n) is 8.38. The molecule has 0 spiro atoms. The topological polar surface area (TPSA) is 96.4 Å². The van der Waals surface area contributed by atoms with Crippen LogP contribution >= 0.6 is 0 Å². The van der Waals surface area contributed by atoms with Gasteiger partial charge in [-0.3, -0.25) is 14.4 Å². The van der Waals surface area contributed by atoms with E-state index in [0.717, 1.165) is 0 Å². The Morgan fingerprint density at radius 3 is 1.96 bits per heavy atom. The minimum Gasteiger partial charge on any atom is -0.429 e. The van der Waals surface area contributed by atoms with Gasteiger partial charge in [0.1, 0.15) is 6.10 Å². The molecule has 0 unspecified atom stereocenters. The molecule has 0 atom stereocenters. The number of carbonyl (C=O) groups is 3. The Morgan fingerprint density at radius 2 is 1.50 bits per heavy atom. The van der Waals surface area contributed by atoms with Crippen LogP contribution in [0.2, 0.25) is 0 Å². The number of imide groups is 1. The summed E-state index contributed by atoms with van der Waals surface area (Å²) < 4.78 is 5.32. The van der Waals surface area contributed by atoms with E-state index < -0.39 is 35.2 Å². The van der Waals surface area contributed by atoms with Gasteiger partial charge in [-0.05, 0) is 39.8 Å². The minimum absolute atomic E-state index is 0.182. The van der Waals surface area contributed by atoms with Crippen molar-refractivity contribution in [3.8, 4) is 0 Å². The average Bonchev–Trinajstić information content (AvgIpc) is 2.77. The molecule has 3 rings (SSSR count). The first-order chi connectivity index (χ1) is 12.0. The second-order valence-electron chi connectivity index (χ2n) is 7.88. The van der Waals surface area contributed by atoms with Gasteiger partial charge in [0, 0.05) is 23.9 Å². The van der Waals surface area contributed by atoms with Crippen LogP contribution in [0.3, 0.4) is 0 Å². The van der Waals surface area contributed by atoms with Crippen molar-refractivity contribution in [3.63, 3.8) is 0 Å². The zero-order valence-electron chi connectivity index (χ0n) is 15.2. The first-order valence-corrected chi connectivity index (χ1v) is 8.38. The van der Waals surface area contributed by atoms with E-state index in [2.05, 4.69) is 0 Å². The van der Waals surface area contributed by atoms with Gasteiger partial charge in [-0.15, -0.1) is 0 Å². The van der Waals surface area contributed by atoms with Crippen molar-refractivity contribution in [1.29, 1.82) is 0 Å². The molecule has 1 N–H and O–H groups in total. The number of nitrogens with zero attached hydrogens (tertiary/aromatic N) is 2. The minimum atomic E-state index is -1.12. The summed E-state index contributed by atoms with van der Waals surface area (Å²) in [6.07, 6.45) is -0.887. The molecule has 1 saturated heterocycles. The molecule has 0 saturated carbocycles. The maximum atomic E-state index is 12.2. The SMILES string of the molecule is CC1(C)CC(OC(=O)ON2C(=O)c3ccccc3C2=O)CC(C)(C)N1O. The van der Waals surface area contributed by atoms with Crippen LogP contribution in [0.5, 0.6) is 0 Å². The van der Waals surface area contributed by atoms with Crippen LogP contribution in [0.25, 0.3) is 0 Å². The molecule has 2 heterocycles. The van der Waals surface area contributed by atoms with Crippen LogP contribution < -0.4 is 0 Å². The van der Waals surface area contributed by atoms with Gasteiger partial charge in [0.2, 0.25) is 0 Å². The molecule has 0 radical (unpaired) electrons. The van der Waals surface area contributed by atoms with E-state index in [-0.39, 0.29) is 11.1 Å².